The van der Waals surface area contributed by atoms with Crippen LogP contribution in [0.15, 0.2) is 33.5 Å². The molecule has 0 spiro atoms. The van der Waals surface area contributed by atoms with Crippen molar-refractivity contribution >= 4 is 28.8 Å². The summed E-state index contributed by atoms with van der Waals surface area (Å²) >= 11 is 0. The molecule has 0 bridgehead atoms. The summed E-state index contributed by atoms with van der Waals surface area (Å²) < 4.78 is 10.4. The average molecular weight is 363 g/mol. The third-order valence-corrected chi connectivity index (χ3v) is 3.56. The molecule has 3 N–H and O–H groups in total. The molecule has 26 heavy (non-hydrogen) atoms. The molecule has 0 saturated carbocycles. The minimum Gasteiger partial charge on any atom is -0.484 e. The fourth-order valence-corrected chi connectivity index (χ4v) is 2.35. The molecule has 1 amide bonds. The number of ether oxygens (including phenoxy) is 1. The van der Waals surface area contributed by atoms with Crippen LogP contribution in [0.3, 0.4) is 0 Å². The smallest absolute Gasteiger partial charge is 0.336 e. The molecular formula is C17H17NO8. The van der Waals surface area contributed by atoms with Crippen molar-refractivity contribution in [3.05, 3.63) is 40.2 Å². The van der Waals surface area contributed by atoms with Gasteiger partial charge in [0.1, 0.15) is 17.4 Å². The number of aryl methyl sites for hydroxylation is 1. The van der Waals surface area contributed by atoms with Crippen molar-refractivity contribution in [2.45, 2.75) is 25.8 Å². The molecule has 0 aliphatic carbocycles. The maximum Gasteiger partial charge on any atom is 0.336 e. The van der Waals surface area contributed by atoms with Crippen LogP contribution in [0.2, 0.25) is 0 Å². The molecule has 9 heteroatoms. The zero-order valence-electron chi connectivity index (χ0n) is 13.9. The summed E-state index contributed by atoms with van der Waals surface area (Å²) in [5.41, 5.74) is 0.627. The van der Waals surface area contributed by atoms with Crippen LogP contribution in [0.25, 0.3) is 11.0 Å². The van der Waals surface area contributed by atoms with Crippen molar-refractivity contribution in [2.24, 2.45) is 0 Å². The molecule has 0 radical (unpaired) electrons. The lowest BCUT2D eigenvalue weighted by atomic mass is 10.1. The van der Waals surface area contributed by atoms with Gasteiger partial charge in [0.15, 0.2) is 6.61 Å². The van der Waals surface area contributed by atoms with E-state index in [2.05, 4.69) is 5.32 Å². The Morgan fingerprint density at radius 2 is 1.96 bits per heavy atom. The van der Waals surface area contributed by atoms with Crippen LogP contribution in [-0.4, -0.2) is 40.7 Å². The van der Waals surface area contributed by atoms with E-state index in [9.17, 15) is 19.2 Å². The fraction of sp³-hybridized carbons (Fsp3) is 0.294. The summed E-state index contributed by atoms with van der Waals surface area (Å²) in [4.78, 5) is 44.8. The van der Waals surface area contributed by atoms with E-state index in [0.717, 1.165) is 10.9 Å². The van der Waals surface area contributed by atoms with E-state index < -0.39 is 42.5 Å². The van der Waals surface area contributed by atoms with Crippen molar-refractivity contribution in [3.8, 4) is 5.75 Å². The molecule has 9 nitrogen and oxygen atoms in total. The van der Waals surface area contributed by atoms with Gasteiger partial charge in [-0.25, -0.2) is 9.59 Å². The van der Waals surface area contributed by atoms with E-state index in [1.54, 1.807) is 12.1 Å². The van der Waals surface area contributed by atoms with Gasteiger partial charge in [0.05, 0.1) is 6.42 Å². The van der Waals surface area contributed by atoms with E-state index >= 15 is 0 Å². The molecule has 1 aromatic carbocycles. The van der Waals surface area contributed by atoms with Crippen molar-refractivity contribution < 1.29 is 33.8 Å². The first-order chi connectivity index (χ1) is 12.3. The number of amides is 1. The van der Waals surface area contributed by atoms with Crippen LogP contribution in [0.4, 0.5) is 0 Å². The third kappa shape index (κ3) is 4.82. The lowest BCUT2D eigenvalue weighted by Gasteiger charge is -2.13. The zero-order chi connectivity index (χ0) is 19.3. The first kappa shape index (κ1) is 19.0. The zero-order valence-corrected chi connectivity index (χ0v) is 13.9. The van der Waals surface area contributed by atoms with Crippen molar-refractivity contribution in [3.63, 3.8) is 0 Å². The van der Waals surface area contributed by atoms with Crippen LogP contribution in [0.5, 0.6) is 5.75 Å². The van der Waals surface area contributed by atoms with Crippen LogP contribution < -0.4 is 15.7 Å². The van der Waals surface area contributed by atoms with Crippen LogP contribution in [0, 0.1) is 0 Å². The molecular weight excluding hydrogens is 346 g/mol. The number of carbonyl (C=O) groups is 3. The van der Waals surface area contributed by atoms with Gasteiger partial charge in [-0.2, -0.15) is 0 Å². The molecule has 1 heterocycles. The quantitative estimate of drug-likeness (QED) is 0.584. The molecule has 1 atom stereocenters. The number of fused-ring (bicyclic) bond motifs is 1. The first-order valence-electron chi connectivity index (χ1n) is 7.73. The number of nitrogens with one attached hydrogen (secondary N) is 1. The Morgan fingerprint density at radius 1 is 1.23 bits per heavy atom. The van der Waals surface area contributed by atoms with E-state index in [1.165, 1.54) is 12.1 Å². The van der Waals surface area contributed by atoms with Gasteiger partial charge in [0, 0.05) is 17.5 Å². The van der Waals surface area contributed by atoms with Gasteiger partial charge in [-0.05, 0) is 24.1 Å². The normalized spacial score (nSPS) is 11.7. The monoisotopic (exact) mass is 363 g/mol. The van der Waals surface area contributed by atoms with Gasteiger partial charge >= 0.3 is 17.6 Å². The summed E-state index contributed by atoms with van der Waals surface area (Å²) in [5, 5.41) is 20.3. The molecule has 0 aliphatic heterocycles. The first-order valence-corrected chi connectivity index (χ1v) is 7.73. The van der Waals surface area contributed by atoms with Gasteiger partial charge in [-0.15, -0.1) is 0 Å². The Hall–Kier alpha value is -3.36. The lowest BCUT2D eigenvalue weighted by Crippen LogP contribution is -2.44. The second kappa shape index (κ2) is 8.15. The highest BCUT2D eigenvalue weighted by Gasteiger charge is 2.23. The van der Waals surface area contributed by atoms with Crippen molar-refractivity contribution in [2.75, 3.05) is 6.61 Å². The Kier molecular flexibility index (Phi) is 5.94. The topological polar surface area (TPSA) is 143 Å². The number of aliphatic carboxylic acids is 2. The Morgan fingerprint density at radius 3 is 2.58 bits per heavy atom. The average Bonchev–Trinajstić information content (AvgIpc) is 2.57. The van der Waals surface area contributed by atoms with Gasteiger partial charge < -0.3 is 24.7 Å². The van der Waals surface area contributed by atoms with E-state index in [4.69, 9.17) is 19.4 Å². The second-order valence-corrected chi connectivity index (χ2v) is 5.45. The van der Waals surface area contributed by atoms with Gasteiger partial charge in [0.25, 0.3) is 5.91 Å². The molecule has 0 aliphatic rings. The standard InChI is InChI=1S/C17H17NO8/c1-2-9-5-16(22)26-13-6-10(3-4-11(9)13)25-8-14(19)18-12(17(23)24)7-15(20)21/h3-6,12H,2,7-8H2,1H3,(H,18,19)(H,20,21)(H,23,24). The summed E-state index contributed by atoms with van der Waals surface area (Å²) in [6.45, 7) is 1.38. The lowest BCUT2D eigenvalue weighted by molar-refractivity contribution is -0.147. The number of hydrogen-bond acceptors (Lipinski definition) is 6. The highest BCUT2D eigenvalue weighted by molar-refractivity contribution is 5.87. The maximum absolute atomic E-state index is 11.8. The van der Waals surface area contributed by atoms with Crippen molar-refractivity contribution in [1.82, 2.24) is 5.32 Å². The molecule has 2 aromatic rings. The molecule has 2 rings (SSSR count). The highest BCUT2D eigenvalue weighted by atomic mass is 16.5. The number of benzene rings is 1. The third-order valence-electron chi connectivity index (χ3n) is 3.56. The number of rotatable bonds is 8. The minimum atomic E-state index is -1.55. The maximum atomic E-state index is 11.8. The second-order valence-electron chi connectivity index (χ2n) is 5.45. The Labute approximate surface area is 147 Å². The fourth-order valence-electron chi connectivity index (χ4n) is 2.35. The summed E-state index contributed by atoms with van der Waals surface area (Å²) in [6, 6.07) is 4.58. The largest absolute Gasteiger partial charge is 0.484 e. The van der Waals surface area contributed by atoms with E-state index in [0.29, 0.717) is 12.0 Å². The summed E-state index contributed by atoms with van der Waals surface area (Å²) in [5.74, 6) is -3.35. The summed E-state index contributed by atoms with van der Waals surface area (Å²) in [7, 11) is 0. The van der Waals surface area contributed by atoms with E-state index in [-0.39, 0.29) is 5.75 Å². The molecule has 138 valence electrons. The molecule has 0 fully saturated rings. The number of carboxylic acid groups (broad SMARTS) is 2. The highest BCUT2D eigenvalue weighted by Crippen LogP contribution is 2.23. The predicted octanol–water partition coefficient (Wildman–Crippen LogP) is 0.778. The Bertz CT molecular complexity index is 901. The molecule has 1 aromatic heterocycles. The number of carbonyl (C=O) groups excluding carboxylic acids is 1. The predicted molar refractivity (Wildman–Crippen MR) is 89.2 cm³/mol. The molecule has 1 unspecified atom stereocenters. The molecule has 0 saturated heterocycles. The SMILES string of the molecule is CCc1cc(=O)oc2cc(OCC(=O)NC(CC(=O)O)C(=O)O)ccc12. The number of carboxylic acids is 2. The summed E-state index contributed by atoms with van der Waals surface area (Å²) in [6.07, 6.45) is -0.104. The van der Waals surface area contributed by atoms with Crippen LogP contribution >= 0.6 is 0 Å². The van der Waals surface area contributed by atoms with Crippen LogP contribution in [-0.2, 0) is 20.8 Å². The van der Waals surface area contributed by atoms with E-state index in [1.807, 2.05) is 6.92 Å². The van der Waals surface area contributed by atoms with Gasteiger partial charge in [0.2, 0.25) is 0 Å². The number of hydrogen-bond donors (Lipinski definition) is 3. The van der Waals surface area contributed by atoms with Crippen molar-refractivity contribution in [1.29, 1.82) is 0 Å². The van der Waals surface area contributed by atoms with Gasteiger partial charge in [-0.1, -0.05) is 6.92 Å². The Balaban J connectivity index is 2.07. The minimum absolute atomic E-state index is 0.245. The van der Waals surface area contributed by atoms with Crippen LogP contribution in [0.1, 0.15) is 18.9 Å². The van der Waals surface area contributed by atoms with Gasteiger partial charge in [-0.3, -0.25) is 9.59 Å².